The predicted molar refractivity (Wildman–Crippen MR) is 79.1 cm³/mol. The summed E-state index contributed by atoms with van der Waals surface area (Å²) in [7, 11) is 0. The van der Waals surface area contributed by atoms with E-state index in [4.69, 9.17) is 4.74 Å². The quantitative estimate of drug-likeness (QED) is 0.879. The lowest BCUT2D eigenvalue weighted by Crippen LogP contribution is -2.60. The molecule has 1 saturated heterocycles. The van der Waals surface area contributed by atoms with E-state index in [-0.39, 0.29) is 5.41 Å². The molecule has 1 fully saturated rings. The molecule has 21 heavy (non-hydrogen) atoms. The van der Waals surface area contributed by atoms with E-state index in [1.807, 2.05) is 51.1 Å². The van der Waals surface area contributed by atoms with Crippen molar-refractivity contribution in [1.29, 1.82) is 0 Å². The average Bonchev–Trinajstić information content (AvgIpc) is 2.45. The van der Waals surface area contributed by atoms with Crippen LogP contribution >= 0.6 is 0 Å². The Morgan fingerprint density at radius 3 is 2.48 bits per heavy atom. The molecule has 116 valence electrons. The second-order valence-electron chi connectivity index (χ2n) is 6.48. The van der Waals surface area contributed by atoms with Gasteiger partial charge in [-0.1, -0.05) is 51.1 Å². The summed E-state index contributed by atoms with van der Waals surface area (Å²) in [5.74, 6) is 0. The summed E-state index contributed by atoms with van der Waals surface area (Å²) < 4.78 is 5.76. The van der Waals surface area contributed by atoms with Gasteiger partial charge < -0.3 is 14.9 Å². The number of carbonyl (C=O) groups is 1. The van der Waals surface area contributed by atoms with E-state index in [1.54, 1.807) is 0 Å². The Labute approximate surface area is 125 Å². The predicted octanol–water partition coefficient (Wildman–Crippen LogP) is 2.51. The van der Waals surface area contributed by atoms with E-state index in [1.165, 1.54) is 4.90 Å². The third-order valence-electron chi connectivity index (χ3n) is 3.87. The van der Waals surface area contributed by atoms with Crippen molar-refractivity contribution < 1.29 is 19.7 Å². The fourth-order valence-electron chi connectivity index (χ4n) is 2.97. The summed E-state index contributed by atoms with van der Waals surface area (Å²) in [6.07, 6.45) is -2.39. The highest BCUT2D eigenvalue weighted by Gasteiger charge is 2.45. The molecule has 1 aliphatic heterocycles. The van der Waals surface area contributed by atoms with Gasteiger partial charge in [0.2, 0.25) is 0 Å². The SMILES string of the molecule is CC(C)(C)C1[C@H](C(O)c2ccccc2)OCCN1C(=O)O. The summed E-state index contributed by atoms with van der Waals surface area (Å²) in [6.45, 7) is 6.52. The van der Waals surface area contributed by atoms with E-state index in [9.17, 15) is 15.0 Å². The maximum atomic E-state index is 11.5. The van der Waals surface area contributed by atoms with Gasteiger partial charge in [-0.2, -0.15) is 0 Å². The molecule has 1 aromatic carbocycles. The van der Waals surface area contributed by atoms with Crippen molar-refractivity contribution in [2.24, 2.45) is 5.41 Å². The van der Waals surface area contributed by atoms with Crippen molar-refractivity contribution in [2.75, 3.05) is 13.2 Å². The zero-order valence-electron chi connectivity index (χ0n) is 12.7. The van der Waals surface area contributed by atoms with Gasteiger partial charge in [-0.15, -0.1) is 0 Å². The number of nitrogens with zero attached hydrogens (tertiary/aromatic N) is 1. The molecule has 5 heteroatoms. The van der Waals surface area contributed by atoms with Gasteiger partial charge in [-0.3, -0.25) is 4.90 Å². The fourth-order valence-corrected chi connectivity index (χ4v) is 2.97. The molecule has 2 rings (SSSR count). The molecular weight excluding hydrogens is 270 g/mol. The summed E-state index contributed by atoms with van der Waals surface area (Å²) >= 11 is 0. The molecule has 0 bridgehead atoms. The first-order valence-corrected chi connectivity index (χ1v) is 7.16. The highest BCUT2D eigenvalue weighted by molar-refractivity contribution is 5.66. The number of morpholine rings is 1. The number of hydrogen-bond acceptors (Lipinski definition) is 3. The maximum Gasteiger partial charge on any atom is 0.407 e. The second kappa shape index (κ2) is 6.03. The average molecular weight is 293 g/mol. The van der Waals surface area contributed by atoms with Crippen LogP contribution < -0.4 is 0 Å². The zero-order chi connectivity index (χ0) is 15.6. The molecule has 5 nitrogen and oxygen atoms in total. The Morgan fingerprint density at radius 2 is 1.95 bits per heavy atom. The van der Waals surface area contributed by atoms with Crippen molar-refractivity contribution in [1.82, 2.24) is 4.90 Å². The number of carboxylic acid groups (broad SMARTS) is 1. The Hall–Kier alpha value is -1.59. The van der Waals surface area contributed by atoms with Gasteiger partial charge in [0.25, 0.3) is 0 Å². The van der Waals surface area contributed by atoms with Gasteiger partial charge in [0.1, 0.15) is 12.2 Å². The first kappa shape index (κ1) is 15.8. The first-order chi connectivity index (χ1) is 9.82. The number of hydrogen-bond donors (Lipinski definition) is 2. The zero-order valence-corrected chi connectivity index (χ0v) is 12.7. The van der Waals surface area contributed by atoms with E-state index in [2.05, 4.69) is 0 Å². The van der Waals surface area contributed by atoms with Crippen LogP contribution in [0.2, 0.25) is 0 Å². The van der Waals surface area contributed by atoms with Crippen molar-refractivity contribution in [2.45, 2.75) is 39.0 Å². The highest BCUT2D eigenvalue weighted by Crippen LogP contribution is 2.36. The van der Waals surface area contributed by atoms with Gasteiger partial charge in [-0.05, 0) is 11.0 Å². The maximum absolute atomic E-state index is 11.5. The lowest BCUT2D eigenvalue weighted by Gasteiger charge is -2.47. The lowest BCUT2D eigenvalue weighted by molar-refractivity contribution is -0.140. The molecule has 0 aromatic heterocycles. The Balaban J connectivity index is 2.33. The van der Waals surface area contributed by atoms with Crippen LogP contribution in [0.5, 0.6) is 0 Å². The topological polar surface area (TPSA) is 70.0 Å². The normalized spacial score (nSPS) is 24.7. The Kier molecular flexibility index (Phi) is 4.54. The van der Waals surface area contributed by atoms with E-state index < -0.39 is 24.3 Å². The number of aliphatic hydroxyl groups excluding tert-OH is 1. The van der Waals surface area contributed by atoms with Crippen LogP contribution in [0.15, 0.2) is 30.3 Å². The van der Waals surface area contributed by atoms with Crippen LogP contribution in [-0.4, -0.2) is 46.5 Å². The largest absolute Gasteiger partial charge is 0.465 e. The summed E-state index contributed by atoms with van der Waals surface area (Å²) in [5.41, 5.74) is 0.406. The number of rotatable bonds is 2. The van der Waals surface area contributed by atoms with Crippen LogP contribution in [0.4, 0.5) is 4.79 Å². The van der Waals surface area contributed by atoms with Crippen LogP contribution in [0, 0.1) is 5.41 Å². The monoisotopic (exact) mass is 293 g/mol. The standard InChI is InChI=1S/C16H23NO4/c1-16(2,3)14-13(21-10-9-17(14)15(19)20)12(18)11-7-5-4-6-8-11/h4-8,12-14,18H,9-10H2,1-3H3,(H,19,20)/t12?,13-,14?/m0/s1. The van der Waals surface area contributed by atoms with Crippen LogP contribution in [0.1, 0.15) is 32.4 Å². The molecule has 2 N–H and O–H groups in total. The van der Waals surface area contributed by atoms with Gasteiger partial charge in [-0.25, -0.2) is 4.79 Å². The molecule has 0 radical (unpaired) electrons. The molecule has 3 atom stereocenters. The molecule has 1 aromatic rings. The van der Waals surface area contributed by atoms with E-state index in [0.29, 0.717) is 13.2 Å². The lowest BCUT2D eigenvalue weighted by atomic mass is 9.79. The van der Waals surface area contributed by atoms with E-state index >= 15 is 0 Å². The third-order valence-corrected chi connectivity index (χ3v) is 3.87. The second-order valence-corrected chi connectivity index (χ2v) is 6.48. The number of ether oxygens (including phenoxy) is 1. The molecule has 0 spiro atoms. The molecule has 0 saturated carbocycles. The van der Waals surface area contributed by atoms with Crippen molar-refractivity contribution >= 4 is 6.09 Å². The van der Waals surface area contributed by atoms with Gasteiger partial charge in [0, 0.05) is 6.54 Å². The van der Waals surface area contributed by atoms with Gasteiger partial charge in [0.15, 0.2) is 0 Å². The van der Waals surface area contributed by atoms with Crippen molar-refractivity contribution in [3.05, 3.63) is 35.9 Å². The Morgan fingerprint density at radius 1 is 1.33 bits per heavy atom. The fraction of sp³-hybridized carbons (Fsp3) is 0.562. The van der Waals surface area contributed by atoms with Gasteiger partial charge >= 0.3 is 6.09 Å². The minimum Gasteiger partial charge on any atom is -0.465 e. The van der Waals surface area contributed by atoms with E-state index in [0.717, 1.165) is 5.56 Å². The number of aliphatic hydroxyl groups is 1. The van der Waals surface area contributed by atoms with Gasteiger partial charge in [0.05, 0.1) is 12.6 Å². The summed E-state index contributed by atoms with van der Waals surface area (Å²) in [5, 5.41) is 20.1. The van der Waals surface area contributed by atoms with Crippen LogP contribution in [-0.2, 0) is 4.74 Å². The molecule has 1 amide bonds. The van der Waals surface area contributed by atoms with Crippen molar-refractivity contribution in [3.8, 4) is 0 Å². The third kappa shape index (κ3) is 3.36. The first-order valence-electron chi connectivity index (χ1n) is 7.16. The summed E-state index contributed by atoms with van der Waals surface area (Å²) in [6, 6.07) is 8.83. The highest BCUT2D eigenvalue weighted by atomic mass is 16.5. The van der Waals surface area contributed by atoms with Crippen molar-refractivity contribution in [3.63, 3.8) is 0 Å². The number of benzene rings is 1. The minimum absolute atomic E-state index is 0.299. The smallest absolute Gasteiger partial charge is 0.407 e. The molecule has 0 aliphatic carbocycles. The molecule has 1 aliphatic rings. The molecule has 2 unspecified atom stereocenters. The Bertz CT molecular complexity index is 483. The summed E-state index contributed by atoms with van der Waals surface area (Å²) in [4.78, 5) is 12.9. The minimum atomic E-state index is -0.969. The molecular formula is C16H23NO4. The van der Waals surface area contributed by atoms with Crippen LogP contribution in [0.25, 0.3) is 0 Å². The number of amides is 1. The van der Waals surface area contributed by atoms with Crippen LogP contribution in [0.3, 0.4) is 0 Å². The molecule has 1 heterocycles.